The van der Waals surface area contributed by atoms with Gasteiger partial charge in [0, 0.05) is 0 Å². The molecule has 2 aromatic rings. The smallest absolute Gasteiger partial charge is 0.198 e. The third-order valence-corrected chi connectivity index (χ3v) is 13.0. The van der Waals surface area contributed by atoms with Crippen LogP contribution in [0.25, 0.3) is 0 Å². The number of benzene rings is 2. The Morgan fingerprint density at radius 3 is 2.26 bits per heavy atom. The normalized spacial score (nSPS) is 23.5. The van der Waals surface area contributed by atoms with Gasteiger partial charge in [0.05, 0.1) is 25.2 Å². The summed E-state index contributed by atoms with van der Waals surface area (Å²) in [5, 5.41) is -0.747. The van der Waals surface area contributed by atoms with E-state index in [2.05, 4.69) is 0 Å². The highest BCUT2D eigenvalue weighted by molar-refractivity contribution is 8.10. The maximum Gasteiger partial charge on any atom is 0.198 e. The van der Waals surface area contributed by atoms with E-state index in [0.717, 1.165) is 5.56 Å². The van der Waals surface area contributed by atoms with Crippen LogP contribution in [0.4, 0.5) is 0 Å². The Morgan fingerprint density at radius 1 is 0.971 bits per heavy atom. The Hall–Kier alpha value is -2.10. The molecule has 188 valence electrons. The molecule has 2 unspecified atom stereocenters. The fourth-order valence-corrected chi connectivity index (χ4v) is 11.2. The average molecular weight is 510 g/mol. The molecule has 0 bridgehead atoms. The lowest BCUT2D eigenvalue weighted by molar-refractivity contribution is 0.353. The Balaban J connectivity index is 2.11. The van der Waals surface area contributed by atoms with Crippen LogP contribution in [0, 0.1) is 0 Å². The standard InChI is InChI=1S/C25H35NO6S2/c1-26(2)17-8-16-25(21-12-14-23(31-3)24(19-21)32-4)33(27,28)18-15-22(34(25,29)30)13-11-20-9-6-5-7-10-20/h5-7,9-10,12,14,19,22H,8,11,13,15-18H2,1-4H3. The first kappa shape index (κ1) is 26.5. The predicted octanol–water partition coefficient (Wildman–Crippen LogP) is 3.43. The van der Waals surface area contributed by atoms with E-state index in [1.54, 1.807) is 12.1 Å². The molecule has 7 nitrogen and oxygen atoms in total. The van der Waals surface area contributed by atoms with E-state index in [1.165, 1.54) is 20.3 Å². The van der Waals surface area contributed by atoms with Crippen LogP contribution in [0.5, 0.6) is 11.5 Å². The molecule has 2 aromatic carbocycles. The van der Waals surface area contributed by atoms with Crippen molar-refractivity contribution < 1.29 is 26.3 Å². The lowest BCUT2D eigenvalue weighted by Crippen LogP contribution is -2.53. The van der Waals surface area contributed by atoms with Crippen molar-refractivity contribution in [3.05, 3.63) is 59.7 Å². The summed E-state index contributed by atoms with van der Waals surface area (Å²) in [5.41, 5.74) is 1.27. The summed E-state index contributed by atoms with van der Waals surface area (Å²) >= 11 is 0. The van der Waals surface area contributed by atoms with E-state index >= 15 is 0 Å². The number of rotatable bonds is 10. The van der Waals surface area contributed by atoms with Crippen molar-refractivity contribution in [1.82, 2.24) is 4.90 Å². The van der Waals surface area contributed by atoms with Crippen molar-refractivity contribution in [3.8, 4) is 11.5 Å². The van der Waals surface area contributed by atoms with Crippen LogP contribution in [0.3, 0.4) is 0 Å². The molecule has 1 aliphatic heterocycles. The minimum Gasteiger partial charge on any atom is -0.493 e. The summed E-state index contributed by atoms with van der Waals surface area (Å²) < 4.78 is 64.6. The zero-order valence-electron chi connectivity index (χ0n) is 20.4. The first-order valence-electron chi connectivity index (χ1n) is 11.5. The molecule has 34 heavy (non-hydrogen) atoms. The van der Waals surface area contributed by atoms with E-state index in [9.17, 15) is 16.8 Å². The quantitative estimate of drug-likeness (QED) is 0.485. The van der Waals surface area contributed by atoms with Gasteiger partial charge in [-0.25, -0.2) is 16.8 Å². The molecule has 1 aliphatic rings. The second-order valence-corrected chi connectivity index (χ2v) is 14.1. The predicted molar refractivity (Wildman–Crippen MR) is 135 cm³/mol. The number of hydrogen-bond donors (Lipinski definition) is 0. The second kappa shape index (κ2) is 10.7. The van der Waals surface area contributed by atoms with Gasteiger partial charge in [-0.3, -0.25) is 0 Å². The number of sulfone groups is 2. The van der Waals surface area contributed by atoms with Crippen LogP contribution >= 0.6 is 0 Å². The minimum absolute atomic E-state index is 0.00678. The van der Waals surface area contributed by atoms with Crippen molar-refractivity contribution in [3.63, 3.8) is 0 Å². The molecule has 0 radical (unpaired) electrons. The summed E-state index contributed by atoms with van der Waals surface area (Å²) in [6, 6.07) is 14.3. The lowest BCUT2D eigenvalue weighted by atomic mass is 10.1. The molecule has 1 heterocycles. The van der Waals surface area contributed by atoms with Crippen LogP contribution in [0.2, 0.25) is 0 Å². The van der Waals surface area contributed by atoms with Gasteiger partial charge in [0.1, 0.15) is 0 Å². The molecular formula is C25H35NO6S2. The zero-order chi connectivity index (χ0) is 25.0. The maximum absolute atomic E-state index is 14.2. The van der Waals surface area contributed by atoms with E-state index < -0.39 is 29.0 Å². The summed E-state index contributed by atoms with van der Waals surface area (Å²) in [6.07, 6.45) is 1.48. The summed E-state index contributed by atoms with van der Waals surface area (Å²) in [4.78, 5) is 1.93. The number of ether oxygens (including phenoxy) is 2. The van der Waals surface area contributed by atoms with Gasteiger partial charge in [-0.15, -0.1) is 0 Å². The van der Waals surface area contributed by atoms with Crippen molar-refractivity contribution >= 4 is 19.7 Å². The average Bonchev–Trinajstić information content (AvgIpc) is 2.80. The number of methoxy groups -OCH3 is 2. The van der Waals surface area contributed by atoms with Crippen LogP contribution < -0.4 is 9.47 Å². The van der Waals surface area contributed by atoms with Gasteiger partial charge in [0.25, 0.3) is 0 Å². The lowest BCUT2D eigenvalue weighted by Gasteiger charge is -2.41. The number of hydrogen-bond acceptors (Lipinski definition) is 7. The van der Waals surface area contributed by atoms with Gasteiger partial charge in [0.15, 0.2) is 35.3 Å². The third-order valence-electron chi connectivity index (χ3n) is 6.64. The molecule has 0 spiro atoms. The second-order valence-electron chi connectivity index (χ2n) is 9.03. The molecule has 0 N–H and O–H groups in total. The number of aryl methyl sites for hydroxylation is 1. The molecule has 3 rings (SSSR count). The third kappa shape index (κ3) is 4.97. The van der Waals surface area contributed by atoms with Gasteiger partial charge < -0.3 is 14.4 Å². The van der Waals surface area contributed by atoms with E-state index in [4.69, 9.17) is 9.47 Å². The first-order chi connectivity index (χ1) is 16.1. The Labute approximate surface area is 203 Å². The molecule has 1 saturated heterocycles. The fourth-order valence-electron chi connectivity index (χ4n) is 4.81. The van der Waals surface area contributed by atoms with Crippen LogP contribution in [-0.2, 0) is 30.2 Å². The van der Waals surface area contributed by atoms with Gasteiger partial charge in [0.2, 0.25) is 0 Å². The van der Waals surface area contributed by atoms with Crippen molar-refractivity contribution in [2.24, 2.45) is 0 Å². The van der Waals surface area contributed by atoms with Gasteiger partial charge >= 0.3 is 0 Å². The van der Waals surface area contributed by atoms with Gasteiger partial charge in [-0.1, -0.05) is 36.4 Å². The van der Waals surface area contributed by atoms with E-state index in [-0.39, 0.29) is 24.2 Å². The van der Waals surface area contributed by atoms with Gasteiger partial charge in [-0.05, 0) is 76.0 Å². The van der Waals surface area contributed by atoms with E-state index in [0.29, 0.717) is 37.3 Å². The topological polar surface area (TPSA) is 90.0 Å². The highest BCUT2D eigenvalue weighted by atomic mass is 32.3. The molecule has 0 amide bonds. The maximum atomic E-state index is 14.2. The minimum atomic E-state index is -4.10. The number of nitrogens with zero attached hydrogens (tertiary/aromatic N) is 1. The van der Waals surface area contributed by atoms with Crippen molar-refractivity contribution in [1.29, 1.82) is 0 Å². The largest absolute Gasteiger partial charge is 0.493 e. The molecule has 0 saturated carbocycles. The molecule has 9 heteroatoms. The van der Waals surface area contributed by atoms with Crippen molar-refractivity contribution in [2.75, 3.05) is 40.6 Å². The summed E-state index contributed by atoms with van der Waals surface area (Å²) in [5.74, 6) is 0.562. The fraction of sp³-hybridized carbons (Fsp3) is 0.520. The monoisotopic (exact) mass is 509 g/mol. The molecule has 1 fully saturated rings. The first-order valence-corrected chi connectivity index (χ1v) is 14.7. The van der Waals surface area contributed by atoms with Crippen LogP contribution in [0.1, 0.15) is 36.8 Å². The highest BCUT2D eigenvalue weighted by Gasteiger charge is 2.60. The molecule has 2 atom stereocenters. The van der Waals surface area contributed by atoms with E-state index in [1.807, 2.05) is 49.3 Å². The van der Waals surface area contributed by atoms with Crippen LogP contribution in [-0.4, -0.2) is 67.6 Å². The van der Waals surface area contributed by atoms with Crippen LogP contribution in [0.15, 0.2) is 48.5 Å². The molecule has 0 aromatic heterocycles. The molecule has 0 aliphatic carbocycles. The summed E-state index contributed by atoms with van der Waals surface area (Å²) in [6.45, 7) is 0.578. The summed E-state index contributed by atoms with van der Waals surface area (Å²) in [7, 11) is -1.40. The molecular weight excluding hydrogens is 474 g/mol. The Morgan fingerprint density at radius 2 is 1.65 bits per heavy atom. The Kier molecular flexibility index (Phi) is 8.31. The SMILES string of the molecule is COc1ccc(C2(CCCN(C)C)S(=O)(=O)CCC(CCc3ccccc3)S2(=O)=O)cc1OC. The van der Waals surface area contributed by atoms with Gasteiger partial charge in [-0.2, -0.15) is 0 Å². The Bertz CT molecular complexity index is 1180. The zero-order valence-corrected chi connectivity index (χ0v) is 22.0. The highest BCUT2D eigenvalue weighted by Crippen LogP contribution is 2.49. The van der Waals surface area contributed by atoms with Crippen molar-refractivity contribution in [2.45, 2.75) is 41.4 Å².